The molecule has 0 saturated carbocycles. The average molecular weight is 365 g/mol. The summed E-state index contributed by atoms with van der Waals surface area (Å²) < 4.78 is 7.30. The van der Waals surface area contributed by atoms with Gasteiger partial charge >= 0.3 is 0 Å². The standard InChI is InChI=1S/C18H24N4O2.ClH/c1-13-17(11-20-18(23)10-15-12-24-9-8-19-15)14(2)22(21-13)16-6-4-3-5-7-16;/h3-7,15,19H,8-12H2,1-2H3,(H,20,23);1H. The minimum atomic E-state index is 0. The number of morpholine rings is 1. The van der Waals surface area contributed by atoms with Gasteiger partial charge in [0, 0.05) is 36.8 Å². The fourth-order valence-electron chi connectivity index (χ4n) is 2.99. The molecule has 1 aromatic carbocycles. The molecule has 1 aliphatic rings. The van der Waals surface area contributed by atoms with Crippen molar-refractivity contribution in [3.8, 4) is 5.69 Å². The molecule has 1 atom stereocenters. The zero-order valence-electron chi connectivity index (χ0n) is 14.6. The third-order valence-electron chi connectivity index (χ3n) is 4.33. The molecule has 2 heterocycles. The van der Waals surface area contributed by atoms with Crippen LogP contribution in [-0.4, -0.2) is 41.5 Å². The first kappa shape index (κ1) is 19.4. The van der Waals surface area contributed by atoms with Crippen molar-refractivity contribution in [3.05, 3.63) is 47.3 Å². The van der Waals surface area contributed by atoms with Gasteiger partial charge in [0.15, 0.2) is 0 Å². The molecule has 6 nitrogen and oxygen atoms in total. The maximum Gasteiger partial charge on any atom is 0.221 e. The lowest BCUT2D eigenvalue weighted by molar-refractivity contribution is -0.122. The normalized spacial score (nSPS) is 17.0. The number of ether oxygens (including phenoxy) is 1. The highest BCUT2D eigenvalue weighted by Gasteiger charge is 2.18. The number of amides is 1. The first-order valence-electron chi connectivity index (χ1n) is 8.33. The lowest BCUT2D eigenvalue weighted by Gasteiger charge is -2.23. The number of aryl methyl sites for hydroxylation is 1. The van der Waals surface area contributed by atoms with Crippen LogP contribution in [0.2, 0.25) is 0 Å². The van der Waals surface area contributed by atoms with E-state index in [-0.39, 0.29) is 24.4 Å². The highest BCUT2D eigenvalue weighted by Crippen LogP contribution is 2.17. The van der Waals surface area contributed by atoms with E-state index in [0.29, 0.717) is 19.6 Å². The lowest BCUT2D eigenvalue weighted by atomic mass is 10.1. The summed E-state index contributed by atoms with van der Waals surface area (Å²) in [6.07, 6.45) is 0.435. The Balaban J connectivity index is 0.00000225. The number of hydrogen-bond acceptors (Lipinski definition) is 4. The molecule has 1 amide bonds. The minimum absolute atomic E-state index is 0. The van der Waals surface area contributed by atoms with Crippen molar-refractivity contribution in [1.29, 1.82) is 0 Å². The lowest BCUT2D eigenvalue weighted by Crippen LogP contribution is -2.44. The summed E-state index contributed by atoms with van der Waals surface area (Å²) >= 11 is 0. The van der Waals surface area contributed by atoms with Gasteiger partial charge in [-0.2, -0.15) is 5.10 Å². The predicted octanol–water partition coefficient (Wildman–Crippen LogP) is 1.91. The number of hydrogen-bond donors (Lipinski definition) is 2. The molecule has 25 heavy (non-hydrogen) atoms. The van der Waals surface area contributed by atoms with Crippen molar-refractivity contribution in [3.63, 3.8) is 0 Å². The summed E-state index contributed by atoms with van der Waals surface area (Å²) in [6.45, 7) is 6.62. The van der Waals surface area contributed by atoms with Gasteiger partial charge in [-0.15, -0.1) is 12.4 Å². The number of carbonyl (C=O) groups is 1. The molecule has 7 heteroatoms. The van der Waals surface area contributed by atoms with Crippen LogP contribution in [0.1, 0.15) is 23.4 Å². The molecule has 1 fully saturated rings. The summed E-state index contributed by atoms with van der Waals surface area (Å²) in [4.78, 5) is 12.2. The van der Waals surface area contributed by atoms with Crippen LogP contribution in [0.5, 0.6) is 0 Å². The van der Waals surface area contributed by atoms with Crippen molar-refractivity contribution >= 4 is 18.3 Å². The van der Waals surface area contributed by atoms with Gasteiger partial charge in [0.1, 0.15) is 0 Å². The number of benzene rings is 1. The molecule has 1 saturated heterocycles. The van der Waals surface area contributed by atoms with E-state index in [9.17, 15) is 4.79 Å². The van der Waals surface area contributed by atoms with Gasteiger partial charge in [-0.3, -0.25) is 4.79 Å². The summed E-state index contributed by atoms with van der Waals surface area (Å²) in [5, 5.41) is 10.9. The summed E-state index contributed by atoms with van der Waals surface area (Å²) in [6, 6.07) is 10.1. The Morgan fingerprint density at radius 2 is 2.12 bits per heavy atom. The monoisotopic (exact) mass is 364 g/mol. The molecule has 2 N–H and O–H groups in total. The van der Waals surface area contributed by atoms with Crippen LogP contribution >= 0.6 is 12.4 Å². The van der Waals surface area contributed by atoms with Gasteiger partial charge in [0.05, 0.1) is 24.6 Å². The molecule has 0 radical (unpaired) electrons. The molecular formula is C18H25ClN4O2. The Hall–Kier alpha value is -1.89. The molecule has 2 aromatic rings. The molecule has 0 bridgehead atoms. The van der Waals surface area contributed by atoms with E-state index in [4.69, 9.17) is 4.74 Å². The van der Waals surface area contributed by atoms with Crippen LogP contribution in [0.4, 0.5) is 0 Å². The first-order valence-corrected chi connectivity index (χ1v) is 8.33. The zero-order valence-corrected chi connectivity index (χ0v) is 15.4. The van der Waals surface area contributed by atoms with Gasteiger partial charge in [-0.1, -0.05) is 18.2 Å². The fourth-order valence-corrected chi connectivity index (χ4v) is 2.99. The van der Waals surface area contributed by atoms with E-state index in [0.717, 1.165) is 35.8 Å². The van der Waals surface area contributed by atoms with Crippen LogP contribution in [0.3, 0.4) is 0 Å². The van der Waals surface area contributed by atoms with Crippen molar-refractivity contribution in [2.24, 2.45) is 0 Å². The van der Waals surface area contributed by atoms with Crippen LogP contribution < -0.4 is 10.6 Å². The number of rotatable bonds is 5. The van der Waals surface area contributed by atoms with Crippen LogP contribution in [0.25, 0.3) is 5.69 Å². The number of nitrogens with one attached hydrogen (secondary N) is 2. The Labute approximate surface area is 154 Å². The summed E-state index contributed by atoms with van der Waals surface area (Å²) in [7, 11) is 0. The third kappa shape index (κ3) is 4.81. The maximum atomic E-state index is 12.2. The van der Waals surface area contributed by atoms with Gasteiger partial charge < -0.3 is 15.4 Å². The number of aromatic nitrogens is 2. The smallest absolute Gasteiger partial charge is 0.221 e. The van der Waals surface area contributed by atoms with E-state index >= 15 is 0 Å². The number of halogens is 1. The Morgan fingerprint density at radius 1 is 1.36 bits per heavy atom. The molecule has 1 aromatic heterocycles. The summed E-state index contributed by atoms with van der Waals surface area (Å²) in [5.41, 5.74) is 4.09. The van der Waals surface area contributed by atoms with E-state index in [1.54, 1.807) is 0 Å². The predicted molar refractivity (Wildman–Crippen MR) is 99.4 cm³/mol. The highest BCUT2D eigenvalue weighted by molar-refractivity contribution is 5.85. The second kappa shape index (κ2) is 8.99. The Bertz CT molecular complexity index is 697. The van der Waals surface area contributed by atoms with Crippen LogP contribution in [0, 0.1) is 13.8 Å². The third-order valence-corrected chi connectivity index (χ3v) is 4.33. The highest BCUT2D eigenvalue weighted by atomic mass is 35.5. The zero-order chi connectivity index (χ0) is 16.9. The number of para-hydroxylation sites is 1. The van der Waals surface area contributed by atoms with E-state index in [1.807, 2.05) is 48.9 Å². The maximum absolute atomic E-state index is 12.2. The number of nitrogens with zero attached hydrogens (tertiary/aromatic N) is 2. The second-order valence-electron chi connectivity index (χ2n) is 6.10. The molecule has 3 rings (SSSR count). The van der Waals surface area contributed by atoms with Crippen LogP contribution in [0.15, 0.2) is 30.3 Å². The molecule has 0 aliphatic carbocycles. The number of carbonyl (C=O) groups excluding carboxylic acids is 1. The van der Waals surface area contributed by atoms with Gasteiger partial charge in [0.2, 0.25) is 5.91 Å². The van der Waals surface area contributed by atoms with Crippen molar-refractivity contribution in [2.75, 3.05) is 19.8 Å². The van der Waals surface area contributed by atoms with Crippen molar-refractivity contribution < 1.29 is 9.53 Å². The average Bonchev–Trinajstić information content (AvgIpc) is 2.89. The second-order valence-corrected chi connectivity index (χ2v) is 6.10. The topological polar surface area (TPSA) is 68.2 Å². The van der Waals surface area contributed by atoms with E-state index in [1.165, 1.54) is 0 Å². The molecular weight excluding hydrogens is 340 g/mol. The van der Waals surface area contributed by atoms with E-state index in [2.05, 4.69) is 15.7 Å². The van der Waals surface area contributed by atoms with Crippen LogP contribution in [-0.2, 0) is 16.1 Å². The molecule has 1 aliphatic heterocycles. The first-order chi connectivity index (χ1) is 11.6. The summed E-state index contributed by atoms with van der Waals surface area (Å²) in [5.74, 6) is 0.0317. The van der Waals surface area contributed by atoms with Gasteiger partial charge in [-0.25, -0.2) is 4.68 Å². The largest absolute Gasteiger partial charge is 0.378 e. The minimum Gasteiger partial charge on any atom is -0.378 e. The molecule has 136 valence electrons. The molecule has 1 unspecified atom stereocenters. The fraction of sp³-hybridized carbons (Fsp3) is 0.444. The molecule has 0 spiro atoms. The SMILES string of the molecule is Cc1nn(-c2ccccc2)c(C)c1CNC(=O)CC1COCCN1.Cl. The van der Waals surface area contributed by atoms with Crippen molar-refractivity contribution in [2.45, 2.75) is 32.9 Å². The quantitative estimate of drug-likeness (QED) is 0.850. The Morgan fingerprint density at radius 3 is 2.80 bits per heavy atom. The Kier molecular flexibility index (Phi) is 6.99. The van der Waals surface area contributed by atoms with Gasteiger partial charge in [-0.05, 0) is 26.0 Å². The van der Waals surface area contributed by atoms with E-state index < -0.39 is 0 Å². The van der Waals surface area contributed by atoms with Crippen molar-refractivity contribution in [1.82, 2.24) is 20.4 Å². The van der Waals surface area contributed by atoms with Gasteiger partial charge in [0.25, 0.3) is 0 Å².